The Morgan fingerprint density at radius 1 is 0.521 bits per heavy atom. The lowest BCUT2D eigenvalue weighted by Crippen LogP contribution is -2.27. The molecule has 0 fully saturated rings. The summed E-state index contributed by atoms with van der Waals surface area (Å²) in [7, 11) is 0. The third-order valence-corrected chi connectivity index (χ3v) is 10.2. The van der Waals surface area contributed by atoms with E-state index in [1.807, 2.05) is 36.9 Å². The van der Waals surface area contributed by atoms with Crippen LogP contribution in [0.3, 0.4) is 0 Å². The summed E-state index contributed by atoms with van der Waals surface area (Å²) in [5, 5.41) is 5.11. The van der Waals surface area contributed by atoms with Crippen LogP contribution in [0.1, 0.15) is 25.0 Å². The molecule has 0 atom stereocenters. The third kappa shape index (κ3) is 3.61. The molecule has 0 aliphatic carbocycles. The van der Waals surface area contributed by atoms with Gasteiger partial charge in [-0.05, 0) is 83.9 Å². The summed E-state index contributed by atoms with van der Waals surface area (Å²) >= 11 is 0. The standard InChI is InChI=1S/C43H31N5/c1-43(2)35-24-29(46(30-14-10-22-44-26-30)31-15-11-23-45-27-31)20-21-39(35)48-38-19-9-7-17-33(38)40-41-34(25-36(43)42(40)48)32-16-6-8-18-37(32)47(41)28-12-4-3-5-13-28/h3-27H,1-2H3. The normalized spacial score (nSPS) is 13.4. The molecule has 5 nitrogen and oxygen atoms in total. The highest BCUT2D eigenvalue weighted by Gasteiger charge is 2.37. The molecule has 48 heavy (non-hydrogen) atoms. The highest BCUT2D eigenvalue weighted by molar-refractivity contribution is 6.27. The lowest BCUT2D eigenvalue weighted by molar-refractivity contribution is 0.631. The van der Waals surface area contributed by atoms with Gasteiger partial charge in [-0.15, -0.1) is 0 Å². The van der Waals surface area contributed by atoms with Gasteiger partial charge in [-0.3, -0.25) is 9.97 Å². The van der Waals surface area contributed by atoms with Crippen LogP contribution in [0.25, 0.3) is 55.0 Å². The van der Waals surface area contributed by atoms with Crippen LogP contribution in [0.5, 0.6) is 0 Å². The second-order valence-corrected chi connectivity index (χ2v) is 13.2. The predicted molar refractivity (Wildman–Crippen MR) is 198 cm³/mol. The molecule has 0 radical (unpaired) electrons. The number of anilines is 3. The average Bonchev–Trinajstić information content (AvgIpc) is 3.66. The summed E-state index contributed by atoms with van der Waals surface area (Å²) in [4.78, 5) is 11.2. The number of nitrogens with zero attached hydrogens (tertiary/aromatic N) is 5. The van der Waals surface area contributed by atoms with Crippen molar-refractivity contribution in [2.45, 2.75) is 19.3 Å². The molecule has 0 saturated carbocycles. The molecule has 228 valence electrons. The SMILES string of the molecule is CC1(C)c2cc(N(c3cccnc3)c3cccnc3)ccc2-n2c3ccccc3c3c2c1cc1c2ccccc2n(-c2ccccc2)c13. The first kappa shape index (κ1) is 27.0. The average molecular weight is 618 g/mol. The Morgan fingerprint density at radius 2 is 1.17 bits per heavy atom. The van der Waals surface area contributed by atoms with E-state index in [1.165, 1.54) is 66.1 Å². The lowest BCUT2D eigenvalue weighted by Gasteiger charge is -2.36. The summed E-state index contributed by atoms with van der Waals surface area (Å²) in [5.41, 5.74) is 12.7. The largest absolute Gasteiger partial charge is 0.309 e. The molecule has 10 rings (SSSR count). The highest BCUT2D eigenvalue weighted by Crippen LogP contribution is 2.52. The van der Waals surface area contributed by atoms with Crippen LogP contribution in [0.2, 0.25) is 0 Å². The molecular formula is C43H31N5. The summed E-state index contributed by atoms with van der Waals surface area (Å²) in [5.74, 6) is 0. The molecule has 5 aromatic carbocycles. The molecule has 9 aromatic rings. The Kier molecular flexibility index (Phi) is 5.56. The van der Waals surface area contributed by atoms with Gasteiger partial charge in [-0.25, -0.2) is 0 Å². The van der Waals surface area contributed by atoms with E-state index in [9.17, 15) is 0 Å². The summed E-state index contributed by atoms with van der Waals surface area (Å²) < 4.78 is 4.97. The fourth-order valence-corrected chi connectivity index (χ4v) is 8.10. The van der Waals surface area contributed by atoms with E-state index in [1.54, 1.807) is 0 Å². The van der Waals surface area contributed by atoms with Crippen molar-refractivity contribution in [1.82, 2.24) is 19.1 Å². The van der Waals surface area contributed by atoms with E-state index in [2.05, 4.69) is 153 Å². The van der Waals surface area contributed by atoms with Crippen LogP contribution in [0.4, 0.5) is 17.1 Å². The van der Waals surface area contributed by atoms with E-state index in [4.69, 9.17) is 0 Å². The number of hydrogen-bond donors (Lipinski definition) is 0. The fourth-order valence-electron chi connectivity index (χ4n) is 8.10. The molecule has 0 amide bonds. The second kappa shape index (κ2) is 9.90. The summed E-state index contributed by atoms with van der Waals surface area (Å²) in [6, 6.07) is 46.1. The summed E-state index contributed by atoms with van der Waals surface area (Å²) in [6.07, 6.45) is 7.45. The highest BCUT2D eigenvalue weighted by atomic mass is 15.2. The molecule has 0 unspecified atom stereocenters. The molecule has 0 bridgehead atoms. The number of aromatic nitrogens is 4. The number of para-hydroxylation sites is 3. The minimum Gasteiger partial charge on any atom is -0.309 e. The minimum atomic E-state index is -0.298. The van der Waals surface area contributed by atoms with Gasteiger partial charge in [0.25, 0.3) is 0 Å². The van der Waals surface area contributed by atoms with Gasteiger partial charge in [0, 0.05) is 50.7 Å². The van der Waals surface area contributed by atoms with Gasteiger partial charge >= 0.3 is 0 Å². The van der Waals surface area contributed by atoms with Gasteiger partial charge in [-0.1, -0.05) is 68.4 Å². The number of fused-ring (bicyclic) bond motifs is 9. The quantitative estimate of drug-likeness (QED) is 0.197. The summed E-state index contributed by atoms with van der Waals surface area (Å²) in [6.45, 7) is 4.76. The van der Waals surface area contributed by atoms with Crippen molar-refractivity contribution in [3.63, 3.8) is 0 Å². The number of hydrogen-bond acceptors (Lipinski definition) is 3. The maximum Gasteiger partial charge on any atom is 0.0645 e. The van der Waals surface area contributed by atoms with Gasteiger partial charge < -0.3 is 14.0 Å². The molecule has 1 aliphatic heterocycles. The van der Waals surface area contributed by atoms with Crippen LogP contribution in [0.15, 0.2) is 152 Å². The van der Waals surface area contributed by atoms with Crippen molar-refractivity contribution in [3.05, 3.63) is 163 Å². The van der Waals surface area contributed by atoms with E-state index in [-0.39, 0.29) is 5.41 Å². The Bertz CT molecular complexity index is 2650. The zero-order valence-electron chi connectivity index (χ0n) is 26.7. The Morgan fingerprint density at radius 3 is 1.85 bits per heavy atom. The topological polar surface area (TPSA) is 38.9 Å². The van der Waals surface area contributed by atoms with Gasteiger partial charge in [0.2, 0.25) is 0 Å². The van der Waals surface area contributed by atoms with Crippen LogP contribution in [0, 0.1) is 0 Å². The van der Waals surface area contributed by atoms with Gasteiger partial charge in [0.1, 0.15) is 0 Å². The molecule has 4 aromatic heterocycles. The Hall–Kier alpha value is -6.20. The van der Waals surface area contributed by atoms with E-state index in [0.29, 0.717) is 0 Å². The number of rotatable bonds is 4. The van der Waals surface area contributed by atoms with Crippen LogP contribution in [-0.2, 0) is 5.41 Å². The smallest absolute Gasteiger partial charge is 0.0645 e. The Labute approximate surface area is 278 Å². The molecular weight excluding hydrogens is 587 g/mol. The van der Waals surface area contributed by atoms with Gasteiger partial charge in [0.05, 0.1) is 51.5 Å². The Balaban J connectivity index is 1.33. The molecule has 0 saturated heterocycles. The zero-order chi connectivity index (χ0) is 32.0. The molecule has 0 spiro atoms. The van der Waals surface area contributed by atoms with Crippen LogP contribution < -0.4 is 4.90 Å². The van der Waals surface area contributed by atoms with Crippen LogP contribution in [-0.4, -0.2) is 19.1 Å². The van der Waals surface area contributed by atoms with Gasteiger partial charge in [-0.2, -0.15) is 0 Å². The van der Waals surface area contributed by atoms with Crippen LogP contribution >= 0.6 is 0 Å². The first-order chi connectivity index (χ1) is 23.6. The van der Waals surface area contributed by atoms with Crippen molar-refractivity contribution in [3.8, 4) is 11.4 Å². The van der Waals surface area contributed by atoms with E-state index < -0.39 is 0 Å². The van der Waals surface area contributed by atoms with E-state index >= 15 is 0 Å². The zero-order valence-corrected chi connectivity index (χ0v) is 26.7. The van der Waals surface area contributed by atoms with Crippen molar-refractivity contribution < 1.29 is 0 Å². The molecule has 5 heterocycles. The maximum atomic E-state index is 4.47. The lowest BCUT2D eigenvalue weighted by atomic mass is 9.74. The fraction of sp³-hybridized carbons (Fsp3) is 0.0698. The van der Waals surface area contributed by atoms with E-state index in [0.717, 1.165) is 17.1 Å². The van der Waals surface area contributed by atoms with Crippen molar-refractivity contribution >= 4 is 60.7 Å². The number of pyridine rings is 2. The molecule has 1 aliphatic rings. The molecule has 0 N–H and O–H groups in total. The predicted octanol–water partition coefficient (Wildman–Crippen LogP) is 10.8. The third-order valence-electron chi connectivity index (χ3n) is 10.2. The van der Waals surface area contributed by atoms with Crippen molar-refractivity contribution in [1.29, 1.82) is 0 Å². The number of benzene rings is 5. The van der Waals surface area contributed by atoms with Gasteiger partial charge in [0.15, 0.2) is 0 Å². The first-order valence-electron chi connectivity index (χ1n) is 16.4. The molecule has 5 heteroatoms. The first-order valence-corrected chi connectivity index (χ1v) is 16.4. The van der Waals surface area contributed by atoms with Crippen molar-refractivity contribution in [2.75, 3.05) is 4.90 Å². The van der Waals surface area contributed by atoms with Crippen molar-refractivity contribution in [2.24, 2.45) is 0 Å². The minimum absolute atomic E-state index is 0.298. The second-order valence-electron chi connectivity index (χ2n) is 13.2. The maximum absolute atomic E-state index is 4.47. The monoisotopic (exact) mass is 617 g/mol.